The van der Waals surface area contributed by atoms with Crippen LogP contribution in [0.15, 0.2) is 0 Å². The molecule has 0 aromatic heterocycles. The third-order valence-corrected chi connectivity index (χ3v) is 4.60. The summed E-state index contributed by atoms with van der Waals surface area (Å²) in [6, 6.07) is 0. The van der Waals surface area contributed by atoms with E-state index in [0.717, 1.165) is 26.2 Å². The maximum absolute atomic E-state index is 9.16. The largest absolute Gasteiger partial charge is 0.391 e. The molecule has 0 bridgehead atoms. The quantitative estimate of drug-likeness (QED) is 0.272. The molecule has 0 fully saturated rings. The van der Waals surface area contributed by atoms with Gasteiger partial charge in [0, 0.05) is 13.1 Å². The van der Waals surface area contributed by atoms with E-state index in [4.69, 9.17) is 20.4 Å². The van der Waals surface area contributed by atoms with Gasteiger partial charge in [-0.1, -0.05) is 0 Å². The highest BCUT2D eigenvalue weighted by molar-refractivity contribution is 4.53. The lowest BCUT2D eigenvalue weighted by molar-refractivity contribution is -0.912. The SMILES string of the molecule is CN(CC[N+](C)(CCO)CCO)CC[N+](C)(CCO)CCO. The predicted molar refractivity (Wildman–Crippen MR) is 87.4 cm³/mol. The zero-order valence-electron chi connectivity index (χ0n) is 14.6. The first kappa shape index (κ1) is 21.7. The summed E-state index contributed by atoms with van der Waals surface area (Å²) in [5.41, 5.74) is 0. The zero-order chi connectivity index (χ0) is 17.1. The maximum Gasteiger partial charge on any atom is 0.102 e. The van der Waals surface area contributed by atoms with Gasteiger partial charge in [-0.3, -0.25) is 4.90 Å². The number of hydrogen-bond acceptors (Lipinski definition) is 5. The molecule has 0 unspecified atom stereocenters. The van der Waals surface area contributed by atoms with Crippen molar-refractivity contribution in [3.05, 3.63) is 0 Å². The van der Waals surface area contributed by atoms with Crippen LogP contribution in [0.5, 0.6) is 0 Å². The van der Waals surface area contributed by atoms with E-state index >= 15 is 0 Å². The molecule has 4 N–H and O–H groups in total. The first-order valence-electron chi connectivity index (χ1n) is 8.14. The number of quaternary nitrogens is 2. The summed E-state index contributed by atoms with van der Waals surface area (Å²) < 4.78 is 1.33. The van der Waals surface area contributed by atoms with Crippen LogP contribution >= 0.6 is 0 Å². The molecular formula is C15H37N3O4+2. The highest BCUT2D eigenvalue weighted by atomic mass is 16.3. The minimum Gasteiger partial charge on any atom is -0.391 e. The topological polar surface area (TPSA) is 84.2 Å². The summed E-state index contributed by atoms with van der Waals surface area (Å²) in [7, 11) is 6.17. The van der Waals surface area contributed by atoms with E-state index in [0.29, 0.717) is 35.1 Å². The molecule has 7 heteroatoms. The molecule has 0 aromatic rings. The monoisotopic (exact) mass is 323 g/mol. The Morgan fingerprint density at radius 1 is 0.591 bits per heavy atom. The molecular weight excluding hydrogens is 286 g/mol. The molecule has 0 atom stereocenters. The highest BCUT2D eigenvalue weighted by Crippen LogP contribution is 2.04. The number of aliphatic hydroxyl groups excluding tert-OH is 4. The van der Waals surface area contributed by atoms with Gasteiger partial charge in [0.1, 0.15) is 26.2 Å². The fourth-order valence-electron chi connectivity index (χ4n) is 2.57. The van der Waals surface area contributed by atoms with Crippen molar-refractivity contribution in [2.45, 2.75) is 0 Å². The summed E-state index contributed by atoms with van der Waals surface area (Å²) in [6.07, 6.45) is 0. The van der Waals surface area contributed by atoms with Crippen molar-refractivity contribution in [3.63, 3.8) is 0 Å². The molecule has 0 rings (SSSR count). The Labute approximate surface area is 135 Å². The Kier molecular flexibility index (Phi) is 11.1. The molecule has 7 nitrogen and oxygen atoms in total. The van der Waals surface area contributed by atoms with Crippen LogP contribution in [-0.2, 0) is 0 Å². The summed E-state index contributed by atoms with van der Waals surface area (Å²) in [6.45, 7) is 6.63. The van der Waals surface area contributed by atoms with Crippen LogP contribution in [0.3, 0.4) is 0 Å². The summed E-state index contributed by atoms with van der Waals surface area (Å²) in [4.78, 5) is 2.23. The van der Waals surface area contributed by atoms with E-state index < -0.39 is 0 Å². The van der Waals surface area contributed by atoms with Gasteiger partial charge in [0.25, 0.3) is 0 Å². The normalized spacial score (nSPS) is 13.1. The van der Waals surface area contributed by atoms with Crippen LogP contribution in [0, 0.1) is 0 Å². The Bertz CT molecular complexity index is 242. The van der Waals surface area contributed by atoms with Crippen molar-refractivity contribution < 1.29 is 29.4 Å². The van der Waals surface area contributed by atoms with Crippen LogP contribution in [0.4, 0.5) is 0 Å². The van der Waals surface area contributed by atoms with E-state index in [1.807, 2.05) is 0 Å². The fraction of sp³-hybridized carbons (Fsp3) is 1.00. The molecule has 0 radical (unpaired) electrons. The van der Waals surface area contributed by atoms with Crippen LogP contribution in [0.2, 0.25) is 0 Å². The molecule has 0 aliphatic carbocycles. The molecule has 22 heavy (non-hydrogen) atoms. The second-order valence-electron chi connectivity index (χ2n) is 6.78. The Morgan fingerprint density at radius 3 is 1.09 bits per heavy atom. The molecule has 0 spiro atoms. The second kappa shape index (κ2) is 11.3. The van der Waals surface area contributed by atoms with Crippen LogP contribution < -0.4 is 0 Å². The molecule has 0 saturated heterocycles. The minimum atomic E-state index is 0.127. The fourth-order valence-corrected chi connectivity index (χ4v) is 2.57. The number of nitrogens with zero attached hydrogens (tertiary/aromatic N) is 3. The Morgan fingerprint density at radius 2 is 0.864 bits per heavy atom. The molecule has 134 valence electrons. The van der Waals surface area contributed by atoms with E-state index in [2.05, 4.69) is 26.0 Å². The molecule has 0 aliphatic heterocycles. The molecule has 0 heterocycles. The number of rotatable bonds is 14. The smallest absolute Gasteiger partial charge is 0.102 e. The Hall–Kier alpha value is -0.280. The number of hydrogen-bond donors (Lipinski definition) is 4. The molecule has 0 amide bonds. The van der Waals surface area contributed by atoms with Gasteiger partial charge in [0.05, 0.1) is 53.6 Å². The average Bonchev–Trinajstić information content (AvgIpc) is 2.44. The first-order valence-corrected chi connectivity index (χ1v) is 8.14. The van der Waals surface area contributed by atoms with Gasteiger partial charge in [-0.05, 0) is 7.05 Å². The van der Waals surface area contributed by atoms with Crippen molar-refractivity contribution in [2.24, 2.45) is 0 Å². The zero-order valence-corrected chi connectivity index (χ0v) is 14.6. The Balaban J connectivity index is 4.28. The lowest BCUT2D eigenvalue weighted by atomic mass is 10.3. The highest BCUT2D eigenvalue weighted by Gasteiger charge is 2.23. The predicted octanol–water partition coefficient (Wildman–Crippen LogP) is -2.22. The number of likely N-dealkylation sites (N-methyl/N-ethyl adjacent to an activating group) is 3. The third kappa shape index (κ3) is 8.99. The van der Waals surface area contributed by atoms with Gasteiger partial charge in [0.2, 0.25) is 0 Å². The van der Waals surface area contributed by atoms with E-state index in [1.165, 1.54) is 0 Å². The lowest BCUT2D eigenvalue weighted by Gasteiger charge is -2.37. The van der Waals surface area contributed by atoms with E-state index in [9.17, 15) is 0 Å². The van der Waals surface area contributed by atoms with Crippen LogP contribution in [0.25, 0.3) is 0 Å². The molecule has 0 aromatic carbocycles. The van der Waals surface area contributed by atoms with Crippen molar-refractivity contribution >= 4 is 0 Å². The molecule has 0 saturated carbocycles. The van der Waals surface area contributed by atoms with Crippen molar-refractivity contribution in [1.29, 1.82) is 0 Å². The summed E-state index contributed by atoms with van der Waals surface area (Å²) >= 11 is 0. The van der Waals surface area contributed by atoms with Gasteiger partial charge >= 0.3 is 0 Å². The summed E-state index contributed by atoms with van der Waals surface area (Å²) in [5.74, 6) is 0. The van der Waals surface area contributed by atoms with Gasteiger partial charge < -0.3 is 29.4 Å². The maximum atomic E-state index is 9.16. The van der Waals surface area contributed by atoms with E-state index in [1.54, 1.807) is 0 Å². The summed E-state index contributed by atoms with van der Waals surface area (Å²) in [5, 5.41) is 36.6. The minimum absolute atomic E-state index is 0.127. The molecule has 0 aliphatic rings. The average molecular weight is 323 g/mol. The van der Waals surface area contributed by atoms with Crippen molar-refractivity contribution in [2.75, 3.05) is 99.9 Å². The second-order valence-corrected chi connectivity index (χ2v) is 6.78. The number of aliphatic hydroxyl groups is 4. The van der Waals surface area contributed by atoms with E-state index in [-0.39, 0.29) is 26.4 Å². The first-order chi connectivity index (χ1) is 10.3. The van der Waals surface area contributed by atoms with Crippen molar-refractivity contribution in [1.82, 2.24) is 4.90 Å². The third-order valence-electron chi connectivity index (χ3n) is 4.60. The van der Waals surface area contributed by atoms with Crippen LogP contribution in [0.1, 0.15) is 0 Å². The van der Waals surface area contributed by atoms with Crippen LogP contribution in [-0.4, -0.2) is 134 Å². The lowest BCUT2D eigenvalue weighted by Crippen LogP contribution is -2.54. The standard InChI is InChI=1S/C15H37N3O4/c1-16(4-6-17(2,8-12-19)9-13-20)5-7-18(3,10-14-21)11-15-22/h19-22H,4-15H2,1-3H3/q+2. The van der Waals surface area contributed by atoms with Gasteiger partial charge in [-0.25, -0.2) is 0 Å². The van der Waals surface area contributed by atoms with Crippen molar-refractivity contribution in [3.8, 4) is 0 Å². The van der Waals surface area contributed by atoms with Gasteiger partial charge in [0.15, 0.2) is 0 Å². The van der Waals surface area contributed by atoms with Gasteiger partial charge in [-0.15, -0.1) is 0 Å². The van der Waals surface area contributed by atoms with Gasteiger partial charge in [-0.2, -0.15) is 0 Å².